The van der Waals surface area contributed by atoms with Gasteiger partial charge >= 0.3 is 5.97 Å². The molecule has 0 aromatic heterocycles. The Bertz CT molecular complexity index is 198. The summed E-state index contributed by atoms with van der Waals surface area (Å²) in [4.78, 5) is 12.8. The zero-order valence-corrected chi connectivity index (χ0v) is 8.41. The predicted octanol–water partition coefficient (Wildman–Crippen LogP) is 0.641. The second-order valence-corrected chi connectivity index (χ2v) is 2.93. The van der Waals surface area contributed by atoms with Gasteiger partial charge in [-0.05, 0) is 13.5 Å². The van der Waals surface area contributed by atoms with E-state index in [1.807, 2.05) is 18.7 Å². The quantitative estimate of drug-likeness (QED) is 0.588. The van der Waals surface area contributed by atoms with Crippen LogP contribution in [0.4, 0.5) is 0 Å². The van der Waals surface area contributed by atoms with E-state index in [2.05, 4.69) is 10.8 Å². The molecule has 4 nitrogen and oxygen atoms in total. The fourth-order valence-corrected chi connectivity index (χ4v) is 0.981. The van der Waals surface area contributed by atoms with E-state index < -0.39 is 0 Å². The molecule has 74 valence electrons. The first-order valence-corrected chi connectivity index (χ1v) is 4.32. The Labute approximate surface area is 79.1 Å². The summed E-state index contributed by atoms with van der Waals surface area (Å²) in [7, 11) is 1.36. The van der Waals surface area contributed by atoms with Crippen molar-refractivity contribution in [3.63, 3.8) is 0 Å². The van der Waals surface area contributed by atoms with Gasteiger partial charge in [0.05, 0.1) is 25.6 Å². The van der Waals surface area contributed by atoms with Crippen LogP contribution in [0, 0.1) is 17.2 Å². The van der Waals surface area contributed by atoms with Crippen LogP contribution in [-0.4, -0.2) is 37.6 Å². The summed E-state index contributed by atoms with van der Waals surface area (Å²) in [5, 5.41) is 8.58. The molecule has 0 aliphatic carbocycles. The van der Waals surface area contributed by atoms with Crippen molar-refractivity contribution in [3.8, 4) is 6.07 Å². The topological polar surface area (TPSA) is 53.3 Å². The van der Waals surface area contributed by atoms with Gasteiger partial charge in [-0.2, -0.15) is 5.26 Å². The van der Waals surface area contributed by atoms with Crippen molar-refractivity contribution in [2.75, 3.05) is 26.7 Å². The minimum Gasteiger partial charge on any atom is -0.468 e. The maximum atomic E-state index is 10.9. The number of hydrogen-bond acceptors (Lipinski definition) is 4. The first kappa shape index (κ1) is 11.9. The number of rotatable bonds is 5. The van der Waals surface area contributed by atoms with Gasteiger partial charge in [-0.3, -0.25) is 9.69 Å². The van der Waals surface area contributed by atoms with Crippen molar-refractivity contribution >= 4 is 5.97 Å². The Kier molecular flexibility index (Phi) is 5.90. The molecule has 0 radical (unpaired) electrons. The van der Waals surface area contributed by atoms with Crippen molar-refractivity contribution in [1.82, 2.24) is 4.90 Å². The van der Waals surface area contributed by atoms with E-state index in [1.165, 1.54) is 7.11 Å². The number of nitrogens with zero attached hydrogens (tertiary/aromatic N) is 2. The first-order chi connectivity index (χ1) is 6.13. The van der Waals surface area contributed by atoms with E-state index in [9.17, 15) is 4.79 Å². The number of carbonyl (C=O) groups excluding carboxylic acids is 1. The highest BCUT2D eigenvalue weighted by molar-refractivity contribution is 5.71. The van der Waals surface area contributed by atoms with E-state index in [-0.39, 0.29) is 18.4 Å². The summed E-state index contributed by atoms with van der Waals surface area (Å²) < 4.78 is 4.53. The van der Waals surface area contributed by atoms with Gasteiger partial charge in [-0.15, -0.1) is 0 Å². The Morgan fingerprint density at radius 2 is 2.31 bits per heavy atom. The lowest BCUT2D eigenvalue weighted by Gasteiger charge is -2.19. The van der Waals surface area contributed by atoms with Crippen LogP contribution < -0.4 is 0 Å². The molecule has 0 rings (SSSR count). The minimum atomic E-state index is -0.257. The van der Waals surface area contributed by atoms with Crippen LogP contribution in [-0.2, 0) is 9.53 Å². The van der Waals surface area contributed by atoms with Crippen molar-refractivity contribution in [2.24, 2.45) is 5.92 Å². The van der Waals surface area contributed by atoms with Crippen molar-refractivity contribution in [2.45, 2.75) is 13.8 Å². The highest BCUT2D eigenvalue weighted by Crippen LogP contribution is 1.98. The monoisotopic (exact) mass is 184 g/mol. The van der Waals surface area contributed by atoms with Gasteiger partial charge in [0.1, 0.15) is 0 Å². The number of hydrogen-bond donors (Lipinski definition) is 0. The SMILES string of the molecule is CCN(CC(=O)OC)CC(C)C#N. The summed E-state index contributed by atoms with van der Waals surface area (Å²) in [6.45, 7) is 5.41. The molecule has 13 heavy (non-hydrogen) atoms. The maximum absolute atomic E-state index is 10.9. The first-order valence-electron chi connectivity index (χ1n) is 4.32. The molecule has 0 spiro atoms. The third-order valence-electron chi connectivity index (χ3n) is 1.78. The third kappa shape index (κ3) is 5.21. The highest BCUT2D eigenvalue weighted by Gasteiger charge is 2.11. The van der Waals surface area contributed by atoms with E-state index in [0.717, 1.165) is 6.54 Å². The molecule has 0 saturated heterocycles. The summed E-state index contributed by atoms with van der Waals surface area (Å²) in [6.07, 6.45) is 0. The zero-order valence-electron chi connectivity index (χ0n) is 8.41. The molecule has 0 aliphatic heterocycles. The van der Waals surface area contributed by atoms with Crippen LogP contribution in [0.15, 0.2) is 0 Å². The summed E-state index contributed by atoms with van der Waals surface area (Å²) >= 11 is 0. The molecule has 0 aliphatic rings. The molecule has 0 saturated carbocycles. The summed E-state index contributed by atoms with van der Waals surface area (Å²) in [5.41, 5.74) is 0. The number of nitriles is 1. The standard InChI is InChI=1S/C9H16N2O2/c1-4-11(6-8(2)5-10)7-9(12)13-3/h8H,4,6-7H2,1-3H3. The van der Waals surface area contributed by atoms with E-state index in [1.54, 1.807) is 0 Å². The molecular formula is C9H16N2O2. The number of esters is 1. The van der Waals surface area contributed by atoms with Crippen molar-refractivity contribution in [3.05, 3.63) is 0 Å². The van der Waals surface area contributed by atoms with Crippen LogP contribution in [0.1, 0.15) is 13.8 Å². The third-order valence-corrected chi connectivity index (χ3v) is 1.78. The summed E-state index contributed by atoms with van der Waals surface area (Å²) in [5.74, 6) is -0.309. The van der Waals surface area contributed by atoms with Gasteiger partial charge in [0.2, 0.25) is 0 Å². The average Bonchev–Trinajstić information content (AvgIpc) is 2.16. The number of methoxy groups -OCH3 is 1. The highest BCUT2D eigenvalue weighted by atomic mass is 16.5. The van der Waals surface area contributed by atoms with Crippen LogP contribution in [0.2, 0.25) is 0 Å². The van der Waals surface area contributed by atoms with Crippen LogP contribution >= 0.6 is 0 Å². The fourth-order valence-electron chi connectivity index (χ4n) is 0.981. The van der Waals surface area contributed by atoms with E-state index in [0.29, 0.717) is 6.54 Å². The molecule has 1 unspecified atom stereocenters. The Morgan fingerprint density at radius 1 is 1.69 bits per heavy atom. The van der Waals surface area contributed by atoms with E-state index >= 15 is 0 Å². The van der Waals surface area contributed by atoms with Gasteiger partial charge in [0, 0.05) is 6.54 Å². The van der Waals surface area contributed by atoms with Gasteiger partial charge < -0.3 is 4.74 Å². The molecule has 0 fully saturated rings. The second kappa shape index (κ2) is 6.44. The summed E-state index contributed by atoms with van der Waals surface area (Å²) in [6, 6.07) is 2.13. The largest absolute Gasteiger partial charge is 0.468 e. The van der Waals surface area contributed by atoms with Gasteiger partial charge in [-0.1, -0.05) is 6.92 Å². The Hall–Kier alpha value is -1.08. The molecular weight excluding hydrogens is 168 g/mol. The van der Waals surface area contributed by atoms with Crippen LogP contribution in [0.3, 0.4) is 0 Å². The minimum absolute atomic E-state index is 0.0513. The lowest BCUT2D eigenvalue weighted by molar-refractivity contribution is -0.141. The molecule has 0 amide bonds. The Balaban J connectivity index is 3.90. The van der Waals surface area contributed by atoms with Crippen molar-refractivity contribution in [1.29, 1.82) is 5.26 Å². The predicted molar refractivity (Wildman–Crippen MR) is 48.9 cm³/mol. The maximum Gasteiger partial charge on any atom is 0.319 e. The molecule has 0 aromatic rings. The molecule has 0 N–H and O–H groups in total. The Morgan fingerprint density at radius 3 is 2.69 bits per heavy atom. The molecule has 0 bridgehead atoms. The van der Waals surface area contributed by atoms with Crippen molar-refractivity contribution < 1.29 is 9.53 Å². The molecule has 0 aromatic carbocycles. The fraction of sp³-hybridized carbons (Fsp3) is 0.778. The zero-order chi connectivity index (χ0) is 10.3. The number of likely N-dealkylation sites (N-methyl/N-ethyl adjacent to an activating group) is 1. The second-order valence-electron chi connectivity index (χ2n) is 2.93. The smallest absolute Gasteiger partial charge is 0.319 e. The molecule has 4 heteroatoms. The van der Waals surface area contributed by atoms with Gasteiger partial charge in [0.15, 0.2) is 0 Å². The number of carbonyl (C=O) groups is 1. The average molecular weight is 184 g/mol. The van der Waals surface area contributed by atoms with Crippen LogP contribution in [0.5, 0.6) is 0 Å². The lowest BCUT2D eigenvalue weighted by Crippen LogP contribution is -2.33. The van der Waals surface area contributed by atoms with Gasteiger partial charge in [0.25, 0.3) is 0 Å². The molecule has 0 heterocycles. The van der Waals surface area contributed by atoms with Gasteiger partial charge in [-0.25, -0.2) is 0 Å². The normalized spacial score (nSPS) is 12.2. The molecule has 1 atom stereocenters. The lowest BCUT2D eigenvalue weighted by atomic mass is 10.2. The number of ether oxygens (including phenoxy) is 1. The van der Waals surface area contributed by atoms with Crippen LogP contribution in [0.25, 0.3) is 0 Å². The van der Waals surface area contributed by atoms with E-state index in [4.69, 9.17) is 5.26 Å².